The summed E-state index contributed by atoms with van der Waals surface area (Å²) < 4.78 is 5.26. The second-order valence-corrected chi connectivity index (χ2v) is 5.00. The van der Waals surface area contributed by atoms with E-state index < -0.39 is 0 Å². The molecule has 1 fully saturated rings. The number of carbonyl (C=O) groups is 1. The Kier molecular flexibility index (Phi) is 5.38. The zero-order valence-electron chi connectivity index (χ0n) is 12.2. The number of morpholine rings is 1. The smallest absolute Gasteiger partial charge is 0.265 e. The summed E-state index contributed by atoms with van der Waals surface area (Å²) in [7, 11) is 0. The normalized spacial score (nSPS) is 15.9. The van der Waals surface area contributed by atoms with Gasteiger partial charge in [-0.1, -0.05) is 6.92 Å². The van der Waals surface area contributed by atoms with Gasteiger partial charge in [0.15, 0.2) is 0 Å². The first-order valence-corrected chi connectivity index (χ1v) is 7.19. The number of aryl methyl sites for hydroxylation is 1. The molecule has 5 nitrogen and oxygen atoms in total. The van der Waals surface area contributed by atoms with Crippen molar-refractivity contribution in [2.75, 3.05) is 38.2 Å². The molecule has 1 saturated heterocycles. The zero-order valence-corrected chi connectivity index (χ0v) is 12.2. The summed E-state index contributed by atoms with van der Waals surface area (Å²) in [6.45, 7) is 7.90. The monoisotopic (exact) mass is 277 g/mol. The summed E-state index contributed by atoms with van der Waals surface area (Å²) in [4.78, 5) is 12.2. The highest BCUT2D eigenvalue weighted by atomic mass is 16.5. The molecule has 2 N–H and O–H groups in total. The fraction of sp³-hybridized carbons (Fsp3) is 0.533. The topological polar surface area (TPSA) is 53.6 Å². The molecule has 0 bridgehead atoms. The van der Waals surface area contributed by atoms with Crippen LogP contribution in [0.5, 0.6) is 0 Å². The highest BCUT2D eigenvalue weighted by Crippen LogP contribution is 2.16. The van der Waals surface area contributed by atoms with E-state index in [1.807, 2.05) is 30.1 Å². The van der Waals surface area contributed by atoms with Crippen molar-refractivity contribution < 1.29 is 9.53 Å². The largest absolute Gasteiger partial charge is 0.385 e. The van der Waals surface area contributed by atoms with Crippen molar-refractivity contribution in [2.45, 2.75) is 20.3 Å². The van der Waals surface area contributed by atoms with Crippen molar-refractivity contribution in [3.63, 3.8) is 0 Å². The number of amides is 1. The molecule has 1 aromatic carbocycles. The zero-order chi connectivity index (χ0) is 14.4. The van der Waals surface area contributed by atoms with Crippen LogP contribution in [-0.2, 0) is 4.74 Å². The molecule has 0 aromatic heterocycles. The molecule has 20 heavy (non-hydrogen) atoms. The van der Waals surface area contributed by atoms with Crippen molar-refractivity contribution in [1.82, 2.24) is 10.4 Å². The first-order chi connectivity index (χ1) is 9.70. The van der Waals surface area contributed by atoms with Crippen LogP contribution in [0.4, 0.5) is 5.69 Å². The van der Waals surface area contributed by atoms with E-state index in [1.54, 1.807) is 0 Å². The number of hydrogen-bond acceptors (Lipinski definition) is 4. The third-order valence-corrected chi connectivity index (χ3v) is 3.32. The Bertz CT molecular complexity index is 456. The molecule has 1 aliphatic heterocycles. The van der Waals surface area contributed by atoms with Gasteiger partial charge in [0.2, 0.25) is 0 Å². The number of ether oxygens (including phenoxy) is 1. The fourth-order valence-corrected chi connectivity index (χ4v) is 2.15. The summed E-state index contributed by atoms with van der Waals surface area (Å²) in [5.74, 6) is -0.0583. The lowest BCUT2D eigenvalue weighted by Gasteiger charge is -2.27. The Morgan fingerprint density at radius 3 is 2.75 bits per heavy atom. The number of anilines is 1. The maximum absolute atomic E-state index is 12.2. The van der Waals surface area contributed by atoms with Crippen LogP contribution < -0.4 is 10.7 Å². The van der Waals surface area contributed by atoms with Crippen molar-refractivity contribution >= 4 is 11.6 Å². The number of nitrogens with zero attached hydrogens (tertiary/aromatic N) is 1. The van der Waals surface area contributed by atoms with Gasteiger partial charge in [0, 0.05) is 30.9 Å². The molecule has 0 spiro atoms. The molecule has 1 aromatic rings. The van der Waals surface area contributed by atoms with Gasteiger partial charge in [0.05, 0.1) is 13.2 Å². The van der Waals surface area contributed by atoms with Crippen LogP contribution in [-0.4, -0.2) is 43.8 Å². The van der Waals surface area contributed by atoms with Gasteiger partial charge in [-0.3, -0.25) is 10.2 Å². The maximum atomic E-state index is 12.2. The van der Waals surface area contributed by atoms with Crippen LogP contribution in [0, 0.1) is 6.92 Å². The van der Waals surface area contributed by atoms with E-state index in [2.05, 4.69) is 17.7 Å². The second-order valence-electron chi connectivity index (χ2n) is 5.00. The first kappa shape index (κ1) is 14.8. The van der Waals surface area contributed by atoms with Gasteiger partial charge in [-0.2, -0.15) is 0 Å². The standard InChI is InChI=1S/C15H23N3O2/c1-3-6-16-14-5-4-13(11-12(14)2)15(19)17-18-7-9-20-10-8-18/h4-5,11,16H,3,6-10H2,1-2H3,(H,17,19). The number of hydrogen-bond donors (Lipinski definition) is 2. The summed E-state index contributed by atoms with van der Waals surface area (Å²) in [6, 6.07) is 5.76. The number of hydrazine groups is 1. The molecule has 5 heteroatoms. The van der Waals surface area contributed by atoms with E-state index in [-0.39, 0.29) is 5.91 Å². The lowest BCUT2D eigenvalue weighted by Crippen LogP contribution is -2.48. The number of nitrogens with one attached hydrogen (secondary N) is 2. The van der Waals surface area contributed by atoms with Crippen LogP contribution in [0.15, 0.2) is 18.2 Å². The second kappa shape index (κ2) is 7.26. The molecular weight excluding hydrogens is 254 g/mol. The van der Waals surface area contributed by atoms with Crippen LogP contribution in [0.1, 0.15) is 29.3 Å². The summed E-state index contributed by atoms with van der Waals surface area (Å²) in [5.41, 5.74) is 5.79. The molecule has 1 amide bonds. The molecule has 1 aliphatic rings. The van der Waals surface area contributed by atoms with Gasteiger partial charge >= 0.3 is 0 Å². The highest BCUT2D eigenvalue weighted by Gasteiger charge is 2.14. The lowest BCUT2D eigenvalue weighted by molar-refractivity contribution is 0.0126. The predicted molar refractivity (Wildman–Crippen MR) is 79.8 cm³/mol. The van der Waals surface area contributed by atoms with E-state index in [1.165, 1.54) is 0 Å². The number of benzene rings is 1. The highest BCUT2D eigenvalue weighted by molar-refractivity contribution is 5.94. The van der Waals surface area contributed by atoms with Gasteiger partial charge in [0.1, 0.15) is 0 Å². The molecule has 0 saturated carbocycles. The molecule has 2 rings (SSSR count). The number of rotatable bonds is 5. The minimum absolute atomic E-state index is 0.0583. The maximum Gasteiger partial charge on any atom is 0.265 e. The SMILES string of the molecule is CCCNc1ccc(C(=O)NN2CCOCC2)cc1C. The summed E-state index contributed by atoms with van der Waals surface area (Å²) in [5, 5.41) is 5.26. The minimum atomic E-state index is -0.0583. The first-order valence-electron chi connectivity index (χ1n) is 7.19. The molecule has 0 radical (unpaired) electrons. The van der Waals surface area contributed by atoms with Crippen LogP contribution >= 0.6 is 0 Å². The lowest BCUT2D eigenvalue weighted by atomic mass is 10.1. The van der Waals surface area contributed by atoms with Gasteiger partial charge in [0.25, 0.3) is 5.91 Å². The Labute approximate surface area is 120 Å². The summed E-state index contributed by atoms with van der Waals surface area (Å²) in [6.07, 6.45) is 1.08. The average Bonchev–Trinajstić information content (AvgIpc) is 2.47. The van der Waals surface area contributed by atoms with E-state index in [0.29, 0.717) is 18.8 Å². The predicted octanol–water partition coefficient (Wildman–Crippen LogP) is 1.79. The molecule has 110 valence electrons. The third-order valence-electron chi connectivity index (χ3n) is 3.32. The van der Waals surface area contributed by atoms with Crippen LogP contribution in [0.2, 0.25) is 0 Å². The molecule has 0 atom stereocenters. The summed E-state index contributed by atoms with van der Waals surface area (Å²) >= 11 is 0. The Morgan fingerprint density at radius 1 is 1.35 bits per heavy atom. The van der Waals surface area contributed by atoms with Gasteiger partial charge < -0.3 is 10.1 Å². The van der Waals surface area contributed by atoms with E-state index >= 15 is 0 Å². The van der Waals surface area contributed by atoms with Crippen LogP contribution in [0.25, 0.3) is 0 Å². The number of carbonyl (C=O) groups excluding carboxylic acids is 1. The van der Waals surface area contributed by atoms with Crippen molar-refractivity contribution in [3.8, 4) is 0 Å². The average molecular weight is 277 g/mol. The fourth-order valence-electron chi connectivity index (χ4n) is 2.15. The van der Waals surface area contributed by atoms with Crippen molar-refractivity contribution in [3.05, 3.63) is 29.3 Å². The van der Waals surface area contributed by atoms with Crippen LogP contribution in [0.3, 0.4) is 0 Å². The van der Waals surface area contributed by atoms with Crippen molar-refractivity contribution in [2.24, 2.45) is 0 Å². The van der Waals surface area contributed by atoms with Gasteiger partial charge in [-0.25, -0.2) is 5.01 Å². The molecule has 0 unspecified atom stereocenters. The van der Waals surface area contributed by atoms with E-state index in [0.717, 1.165) is 37.3 Å². The van der Waals surface area contributed by atoms with Crippen molar-refractivity contribution in [1.29, 1.82) is 0 Å². The Morgan fingerprint density at radius 2 is 2.10 bits per heavy atom. The Balaban J connectivity index is 1.97. The van der Waals surface area contributed by atoms with E-state index in [9.17, 15) is 4.79 Å². The van der Waals surface area contributed by atoms with Gasteiger partial charge in [-0.15, -0.1) is 0 Å². The molecule has 0 aliphatic carbocycles. The Hall–Kier alpha value is -1.59. The molecule has 1 heterocycles. The van der Waals surface area contributed by atoms with Gasteiger partial charge in [-0.05, 0) is 37.1 Å². The van der Waals surface area contributed by atoms with E-state index in [4.69, 9.17) is 4.74 Å². The minimum Gasteiger partial charge on any atom is -0.385 e. The molecular formula is C15H23N3O2. The third kappa shape index (κ3) is 3.95. The quantitative estimate of drug-likeness (QED) is 0.861.